The van der Waals surface area contributed by atoms with Crippen LogP contribution < -0.4 is 0 Å². The van der Waals surface area contributed by atoms with Gasteiger partial charge in [-0.15, -0.1) is 24.0 Å². The van der Waals surface area contributed by atoms with Gasteiger partial charge in [0, 0.05) is 15.0 Å². The molecular formula is C9H6O3S2. The number of thiol groups is 1. The van der Waals surface area contributed by atoms with Crippen molar-refractivity contribution in [1.82, 2.24) is 0 Å². The maximum absolute atomic E-state index is 10.8. The normalized spacial score (nSPS) is 10.6. The van der Waals surface area contributed by atoms with Crippen LogP contribution >= 0.6 is 24.0 Å². The van der Waals surface area contributed by atoms with Gasteiger partial charge in [0.05, 0.1) is 0 Å². The number of phenols is 1. The van der Waals surface area contributed by atoms with E-state index in [0.29, 0.717) is 10.3 Å². The first-order valence-corrected chi connectivity index (χ1v) is 5.04. The van der Waals surface area contributed by atoms with E-state index in [9.17, 15) is 9.90 Å². The molecule has 0 bridgehead atoms. The van der Waals surface area contributed by atoms with Gasteiger partial charge in [-0.1, -0.05) is 6.07 Å². The van der Waals surface area contributed by atoms with Crippen LogP contribution in [0.1, 0.15) is 9.67 Å². The molecule has 2 rings (SSSR count). The Morgan fingerprint density at radius 3 is 2.71 bits per heavy atom. The number of fused-ring (bicyclic) bond motifs is 1. The average molecular weight is 226 g/mol. The highest BCUT2D eigenvalue weighted by Crippen LogP contribution is 2.38. The fourth-order valence-corrected chi connectivity index (χ4v) is 2.76. The zero-order chi connectivity index (χ0) is 10.3. The van der Waals surface area contributed by atoms with Crippen LogP contribution in [-0.2, 0) is 0 Å². The molecule has 0 saturated carbocycles. The number of hydrogen-bond acceptors (Lipinski definition) is 4. The quantitative estimate of drug-likeness (QED) is 0.655. The van der Waals surface area contributed by atoms with E-state index in [1.807, 2.05) is 0 Å². The summed E-state index contributed by atoms with van der Waals surface area (Å²) in [6.07, 6.45) is 0. The number of phenolic OH excluding ortho intramolecular Hbond substituents is 1. The Kier molecular flexibility index (Phi) is 2.13. The summed E-state index contributed by atoms with van der Waals surface area (Å²) in [6, 6.07) is 4.94. The van der Waals surface area contributed by atoms with Crippen LogP contribution in [0.3, 0.4) is 0 Å². The molecule has 0 fully saturated rings. The van der Waals surface area contributed by atoms with Crippen LogP contribution in [0.15, 0.2) is 23.1 Å². The van der Waals surface area contributed by atoms with Gasteiger partial charge in [-0.3, -0.25) is 0 Å². The van der Waals surface area contributed by atoms with E-state index in [4.69, 9.17) is 5.11 Å². The van der Waals surface area contributed by atoms with E-state index in [-0.39, 0.29) is 10.6 Å². The summed E-state index contributed by atoms with van der Waals surface area (Å²) in [6.45, 7) is 0. The molecule has 0 spiro atoms. The van der Waals surface area contributed by atoms with Crippen molar-refractivity contribution in [2.45, 2.75) is 4.90 Å². The summed E-state index contributed by atoms with van der Waals surface area (Å²) in [4.78, 5) is 11.3. The Hall–Kier alpha value is -1.20. The first-order chi connectivity index (χ1) is 6.61. The molecule has 1 aromatic carbocycles. The zero-order valence-corrected chi connectivity index (χ0v) is 8.60. The average Bonchev–Trinajstić information content (AvgIpc) is 2.45. The Morgan fingerprint density at radius 1 is 1.43 bits per heavy atom. The second kappa shape index (κ2) is 3.18. The van der Waals surface area contributed by atoms with E-state index in [1.165, 1.54) is 6.07 Å². The van der Waals surface area contributed by atoms with Crippen molar-refractivity contribution in [3.8, 4) is 5.75 Å². The van der Waals surface area contributed by atoms with E-state index >= 15 is 0 Å². The molecule has 0 atom stereocenters. The van der Waals surface area contributed by atoms with Crippen LogP contribution in [0.4, 0.5) is 0 Å². The van der Waals surface area contributed by atoms with Crippen molar-refractivity contribution in [3.63, 3.8) is 0 Å². The Balaban J connectivity index is 2.87. The third-order valence-electron chi connectivity index (χ3n) is 1.86. The number of aromatic hydroxyl groups is 1. The number of hydrogen-bond donors (Lipinski definition) is 3. The van der Waals surface area contributed by atoms with Crippen LogP contribution in [-0.4, -0.2) is 16.2 Å². The number of carboxylic acids is 1. The van der Waals surface area contributed by atoms with Crippen LogP contribution in [0, 0.1) is 0 Å². The van der Waals surface area contributed by atoms with E-state index in [0.717, 1.165) is 16.0 Å². The van der Waals surface area contributed by atoms with Crippen LogP contribution in [0.25, 0.3) is 10.1 Å². The fraction of sp³-hybridized carbons (Fsp3) is 0. The van der Waals surface area contributed by atoms with Gasteiger partial charge in [-0.2, -0.15) is 0 Å². The molecule has 3 nitrogen and oxygen atoms in total. The first-order valence-electron chi connectivity index (χ1n) is 3.78. The maximum atomic E-state index is 10.8. The van der Waals surface area contributed by atoms with E-state index < -0.39 is 5.97 Å². The predicted octanol–water partition coefficient (Wildman–Crippen LogP) is 2.59. The number of carbonyl (C=O) groups is 1. The molecule has 0 amide bonds. The summed E-state index contributed by atoms with van der Waals surface area (Å²) < 4.78 is 0.729. The van der Waals surface area contributed by atoms with Gasteiger partial charge >= 0.3 is 5.97 Å². The summed E-state index contributed by atoms with van der Waals surface area (Å²) in [5.41, 5.74) is 0. The second-order valence-corrected chi connectivity index (χ2v) is 4.23. The smallest absolute Gasteiger partial charge is 0.347 e. The lowest BCUT2D eigenvalue weighted by Crippen LogP contribution is -1.91. The lowest BCUT2D eigenvalue weighted by Gasteiger charge is -1.94. The van der Waals surface area contributed by atoms with Gasteiger partial charge in [0.1, 0.15) is 10.6 Å². The minimum Gasteiger partial charge on any atom is -0.507 e. The molecule has 1 aromatic heterocycles. The topological polar surface area (TPSA) is 57.5 Å². The fourth-order valence-electron chi connectivity index (χ4n) is 1.26. The lowest BCUT2D eigenvalue weighted by molar-refractivity contribution is 0.0699. The molecule has 0 aliphatic carbocycles. The van der Waals surface area contributed by atoms with Crippen molar-refractivity contribution in [1.29, 1.82) is 0 Å². The van der Waals surface area contributed by atoms with Crippen LogP contribution in [0.2, 0.25) is 0 Å². The standard InChI is InChI=1S/C9H6O3S2/c10-4-2-1-3-5-6(4)7(13)8(14-5)9(11)12/h1-3,10,13H,(H,11,12). The minimum absolute atomic E-state index is 0.0660. The third kappa shape index (κ3) is 1.25. The van der Waals surface area contributed by atoms with Gasteiger partial charge in [0.2, 0.25) is 0 Å². The summed E-state index contributed by atoms with van der Waals surface area (Å²) in [5, 5.41) is 18.9. The second-order valence-electron chi connectivity index (χ2n) is 2.74. The van der Waals surface area contributed by atoms with Crippen molar-refractivity contribution >= 4 is 40.0 Å². The molecule has 2 N–H and O–H groups in total. The summed E-state index contributed by atoms with van der Waals surface area (Å²) >= 11 is 5.20. The number of benzene rings is 1. The summed E-state index contributed by atoms with van der Waals surface area (Å²) in [7, 11) is 0. The molecule has 0 aliphatic heterocycles. The van der Waals surface area contributed by atoms with E-state index in [2.05, 4.69) is 12.6 Å². The largest absolute Gasteiger partial charge is 0.507 e. The third-order valence-corrected chi connectivity index (χ3v) is 3.60. The molecule has 5 heteroatoms. The minimum atomic E-state index is -1.02. The highest BCUT2D eigenvalue weighted by Gasteiger charge is 2.16. The monoisotopic (exact) mass is 226 g/mol. The van der Waals surface area contributed by atoms with Gasteiger partial charge in [0.25, 0.3) is 0 Å². The van der Waals surface area contributed by atoms with Crippen LogP contribution in [0.5, 0.6) is 5.75 Å². The SMILES string of the molecule is O=C(O)c1sc2cccc(O)c2c1S. The molecular weight excluding hydrogens is 220 g/mol. The maximum Gasteiger partial charge on any atom is 0.347 e. The van der Waals surface area contributed by atoms with Gasteiger partial charge in [-0.05, 0) is 12.1 Å². The van der Waals surface area contributed by atoms with Crippen molar-refractivity contribution < 1.29 is 15.0 Å². The van der Waals surface area contributed by atoms with E-state index in [1.54, 1.807) is 12.1 Å². The van der Waals surface area contributed by atoms with Gasteiger partial charge in [-0.25, -0.2) is 4.79 Å². The highest BCUT2D eigenvalue weighted by molar-refractivity contribution is 7.81. The number of thiophene rings is 1. The van der Waals surface area contributed by atoms with Gasteiger partial charge in [0.15, 0.2) is 0 Å². The van der Waals surface area contributed by atoms with Gasteiger partial charge < -0.3 is 10.2 Å². The number of aromatic carboxylic acids is 1. The molecule has 0 aliphatic rings. The lowest BCUT2D eigenvalue weighted by atomic mass is 10.2. The van der Waals surface area contributed by atoms with Crippen molar-refractivity contribution in [2.75, 3.05) is 0 Å². The Bertz CT molecular complexity index is 516. The molecule has 0 unspecified atom stereocenters. The Labute approximate surface area is 89.0 Å². The zero-order valence-electron chi connectivity index (χ0n) is 6.89. The van der Waals surface area contributed by atoms with Crippen molar-refractivity contribution in [2.24, 2.45) is 0 Å². The summed E-state index contributed by atoms with van der Waals surface area (Å²) in [5.74, 6) is -0.952. The molecule has 2 aromatic rings. The first kappa shape index (κ1) is 9.36. The Morgan fingerprint density at radius 2 is 2.14 bits per heavy atom. The molecule has 72 valence electrons. The number of carboxylic acid groups (broad SMARTS) is 1. The molecule has 1 heterocycles. The molecule has 14 heavy (non-hydrogen) atoms. The van der Waals surface area contributed by atoms with Crippen molar-refractivity contribution in [3.05, 3.63) is 23.1 Å². The highest BCUT2D eigenvalue weighted by atomic mass is 32.1. The number of rotatable bonds is 1. The molecule has 0 radical (unpaired) electrons. The predicted molar refractivity (Wildman–Crippen MR) is 57.7 cm³/mol. The molecule has 0 saturated heterocycles.